The lowest BCUT2D eigenvalue weighted by Gasteiger charge is -2.09. The number of nitrogen functional groups attached to an aromatic ring is 1. The average molecular weight is 254 g/mol. The summed E-state index contributed by atoms with van der Waals surface area (Å²) in [4.78, 5) is 4.13. The Labute approximate surface area is 111 Å². The van der Waals surface area contributed by atoms with Crippen molar-refractivity contribution >= 4 is 17.2 Å². The second kappa shape index (κ2) is 5.27. The Hall–Kier alpha value is -2.74. The molecule has 0 aliphatic heterocycles. The number of hydrogen-bond acceptors (Lipinski definition) is 5. The first-order valence-corrected chi connectivity index (χ1v) is 5.72. The second-order valence-corrected chi connectivity index (χ2v) is 4.06. The number of nitrogens with two attached hydrogens (primary N) is 1. The van der Waals surface area contributed by atoms with E-state index in [0.29, 0.717) is 11.5 Å². The number of benzene rings is 1. The lowest BCUT2D eigenvalue weighted by molar-refractivity contribution is 0.412. The predicted molar refractivity (Wildman–Crippen MR) is 74.4 cm³/mol. The number of aromatic nitrogens is 1. The van der Waals surface area contributed by atoms with Crippen molar-refractivity contribution in [3.63, 3.8) is 0 Å². The van der Waals surface area contributed by atoms with Crippen LogP contribution in [0.4, 0.5) is 17.2 Å². The topological polar surface area (TPSA) is 84.0 Å². The minimum atomic E-state index is 0.218. The van der Waals surface area contributed by atoms with Crippen molar-refractivity contribution in [2.45, 2.75) is 6.92 Å². The van der Waals surface area contributed by atoms with Crippen molar-refractivity contribution in [1.29, 1.82) is 5.26 Å². The highest BCUT2D eigenvalue weighted by atomic mass is 16.5. The Kier molecular flexibility index (Phi) is 3.53. The fraction of sp³-hybridized carbons (Fsp3) is 0.143. The van der Waals surface area contributed by atoms with Crippen LogP contribution in [-0.2, 0) is 0 Å². The standard InChI is InChI=1S/C14H14N4O/c1-9-7-10(3-5-13(9)19-2)17-14-6-4-11(16)12(8-15)18-14/h3-7H,16H2,1-2H3,(H,17,18). The van der Waals surface area contributed by atoms with E-state index in [0.717, 1.165) is 17.0 Å². The van der Waals surface area contributed by atoms with Crippen LogP contribution < -0.4 is 15.8 Å². The Morgan fingerprint density at radius 2 is 2.11 bits per heavy atom. The van der Waals surface area contributed by atoms with Gasteiger partial charge in [0.25, 0.3) is 0 Å². The summed E-state index contributed by atoms with van der Waals surface area (Å²) < 4.78 is 5.20. The monoisotopic (exact) mass is 254 g/mol. The third kappa shape index (κ3) is 2.75. The third-order valence-electron chi connectivity index (χ3n) is 2.70. The molecular formula is C14H14N4O. The zero-order valence-corrected chi connectivity index (χ0v) is 10.8. The molecule has 0 aliphatic rings. The molecule has 5 nitrogen and oxygen atoms in total. The van der Waals surface area contributed by atoms with Gasteiger partial charge < -0.3 is 15.8 Å². The molecule has 0 bridgehead atoms. The number of nitrogens with zero attached hydrogens (tertiary/aromatic N) is 2. The zero-order chi connectivity index (χ0) is 13.8. The van der Waals surface area contributed by atoms with Crippen LogP contribution in [0.3, 0.4) is 0 Å². The maximum atomic E-state index is 8.88. The molecule has 1 aromatic heterocycles. The van der Waals surface area contributed by atoms with E-state index in [2.05, 4.69) is 10.3 Å². The van der Waals surface area contributed by atoms with Crippen LogP contribution in [0.1, 0.15) is 11.3 Å². The highest BCUT2D eigenvalue weighted by Gasteiger charge is 2.04. The number of pyridine rings is 1. The number of hydrogen-bond donors (Lipinski definition) is 2. The van der Waals surface area contributed by atoms with E-state index in [9.17, 15) is 0 Å². The molecule has 0 saturated carbocycles. The van der Waals surface area contributed by atoms with Gasteiger partial charge in [-0.1, -0.05) is 0 Å². The number of rotatable bonds is 3. The van der Waals surface area contributed by atoms with Crippen LogP contribution >= 0.6 is 0 Å². The molecule has 19 heavy (non-hydrogen) atoms. The van der Waals surface area contributed by atoms with Gasteiger partial charge in [-0.25, -0.2) is 4.98 Å². The van der Waals surface area contributed by atoms with Gasteiger partial charge >= 0.3 is 0 Å². The number of methoxy groups -OCH3 is 1. The molecule has 0 unspecified atom stereocenters. The van der Waals surface area contributed by atoms with Gasteiger partial charge in [0.2, 0.25) is 0 Å². The summed E-state index contributed by atoms with van der Waals surface area (Å²) in [6.45, 7) is 1.96. The van der Waals surface area contributed by atoms with Gasteiger partial charge in [-0.15, -0.1) is 0 Å². The summed E-state index contributed by atoms with van der Waals surface area (Å²) >= 11 is 0. The molecule has 0 radical (unpaired) electrons. The predicted octanol–water partition coefficient (Wildman–Crippen LogP) is 2.60. The van der Waals surface area contributed by atoms with Crippen molar-refractivity contribution in [3.05, 3.63) is 41.6 Å². The summed E-state index contributed by atoms with van der Waals surface area (Å²) in [6, 6.07) is 11.1. The van der Waals surface area contributed by atoms with Crippen molar-refractivity contribution < 1.29 is 4.74 Å². The first-order chi connectivity index (χ1) is 9.13. The van der Waals surface area contributed by atoms with Crippen LogP contribution in [0.25, 0.3) is 0 Å². The smallest absolute Gasteiger partial charge is 0.165 e. The maximum Gasteiger partial charge on any atom is 0.165 e. The number of aryl methyl sites for hydroxylation is 1. The summed E-state index contributed by atoms with van der Waals surface area (Å²) in [5, 5.41) is 12.0. The molecule has 0 aliphatic carbocycles. The van der Waals surface area contributed by atoms with Gasteiger partial charge in [0.15, 0.2) is 5.69 Å². The summed E-state index contributed by atoms with van der Waals surface area (Å²) in [6.07, 6.45) is 0. The quantitative estimate of drug-likeness (QED) is 0.879. The summed E-state index contributed by atoms with van der Waals surface area (Å²) in [5.41, 5.74) is 8.11. The molecule has 2 rings (SSSR count). The van der Waals surface area contributed by atoms with Crippen LogP contribution in [0.15, 0.2) is 30.3 Å². The highest BCUT2D eigenvalue weighted by molar-refractivity contribution is 5.62. The van der Waals surface area contributed by atoms with E-state index in [1.165, 1.54) is 0 Å². The SMILES string of the molecule is COc1ccc(Nc2ccc(N)c(C#N)n2)cc1C. The van der Waals surface area contributed by atoms with Crippen molar-refractivity contribution in [3.8, 4) is 11.8 Å². The molecule has 96 valence electrons. The van der Waals surface area contributed by atoms with Gasteiger partial charge in [0.1, 0.15) is 17.6 Å². The van der Waals surface area contributed by atoms with Gasteiger partial charge in [0, 0.05) is 5.69 Å². The molecule has 2 aromatic rings. The summed E-state index contributed by atoms with van der Waals surface area (Å²) in [7, 11) is 1.64. The molecule has 0 amide bonds. The first kappa shape index (κ1) is 12.7. The van der Waals surface area contributed by atoms with E-state index in [1.807, 2.05) is 31.2 Å². The van der Waals surface area contributed by atoms with Crippen LogP contribution in [0, 0.1) is 18.3 Å². The average Bonchev–Trinajstić information content (AvgIpc) is 2.41. The fourth-order valence-corrected chi connectivity index (χ4v) is 1.73. The molecule has 0 saturated heterocycles. The summed E-state index contributed by atoms with van der Waals surface area (Å²) in [5.74, 6) is 1.41. The van der Waals surface area contributed by atoms with Crippen LogP contribution in [-0.4, -0.2) is 12.1 Å². The number of ether oxygens (including phenoxy) is 1. The third-order valence-corrected chi connectivity index (χ3v) is 2.70. The molecule has 0 atom stereocenters. The molecule has 0 fully saturated rings. The largest absolute Gasteiger partial charge is 0.496 e. The van der Waals surface area contributed by atoms with Crippen LogP contribution in [0.5, 0.6) is 5.75 Å². The molecule has 0 spiro atoms. The second-order valence-electron chi connectivity index (χ2n) is 4.06. The lowest BCUT2D eigenvalue weighted by atomic mass is 10.2. The zero-order valence-electron chi connectivity index (χ0n) is 10.8. The van der Waals surface area contributed by atoms with E-state index < -0.39 is 0 Å². The van der Waals surface area contributed by atoms with Gasteiger partial charge in [0.05, 0.1) is 12.8 Å². The molecule has 1 aromatic carbocycles. The lowest BCUT2D eigenvalue weighted by Crippen LogP contribution is -1.99. The van der Waals surface area contributed by atoms with E-state index >= 15 is 0 Å². The fourth-order valence-electron chi connectivity index (χ4n) is 1.73. The Morgan fingerprint density at radius 1 is 1.32 bits per heavy atom. The Balaban J connectivity index is 2.26. The minimum absolute atomic E-state index is 0.218. The van der Waals surface area contributed by atoms with E-state index in [1.54, 1.807) is 19.2 Å². The first-order valence-electron chi connectivity index (χ1n) is 5.72. The number of anilines is 3. The normalized spacial score (nSPS) is 9.74. The molecule has 5 heteroatoms. The molecule has 3 N–H and O–H groups in total. The van der Waals surface area contributed by atoms with E-state index in [-0.39, 0.29) is 5.69 Å². The van der Waals surface area contributed by atoms with Gasteiger partial charge in [-0.3, -0.25) is 0 Å². The van der Waals surface area contributed by atoms with Crippen LogP contribution in [0.2, 0.25) is 0 Å². The van der Waals surface area contributed by atoms with E-state index in [4.69, 9.17) is 15.7 Å². The maximum absolute atomic E-state index is 8.88. The molecule has 1 heterocycles. The Morgan fingerprint density at radius 3 is 2.74 bits per heavy atom. The van der Waals surface area contributed by atoms with Crippen molar-refractivity contribution in [2.24, 2.45) is 0 Å². The van der Waals surface area contributed by atoms with Gasteiger partial charge in [-0.05, 0) is 42.8 Å². The Bertz CT molecular complexity index is 646. The van der Waals surface area contributed by atoms with Gasteiger partial charge in [-0.2, -0.15) is 5.26 Å². The number of nitrogens with one attached hydrogen (secondary N) is 1. The highest BCUT2D eigenvalue weighted by Crippen LogP contribution is 2.24. The number of nitriles is 1. The van der Waals surface area contributed by atoms with Crippen molar-refractivity contribution in [2.75, 3.05) is 18.2 Å². The minimum Gasteiger partial charge on any atom is -0.496 e. The molecular weight excluding hydrogens is 240 g/mol. The van der Waals surface area contributed by atoms with Crippen molar-refractivity contribution in [1.82, 2.24) is 4.98 Å².